The summed E-state index contributed by atoms with van der Waals surface area (Å²) < 4.78 is 52.5. The summed E-state index contributed by atoms with van der Waals surface area (Å²) in [4.78, 5) is 0. The number of fused-ring (bicyclic) bond motifs is 5. The average molecular weight is 727 g/mol. The largest absolute Gasteiger partial charge is 0.0629 e. The van der Waals surface area contributed by atoms with Crippen LogP contribution in [0.4, 0.5) is 0 Å². The van der Waals surface area contributed by atoms with Crippen LogP contribution in [0.3, 0.4) is 0 Å². The molecule has 7 aromatic carbocycles. The van der Waals surface area contributed by atoms with E-state index >= 15 is 0 Å². The van der Waals surface area contributed by atoms with Gasteiger partial charge in [-0.3, -0.25) is 0 Å². The van der Waals surface area contributed by atoms with Crippen LogP contribution in [0.2, 0.25) is 0 Å². The number of aryl methyl sites for hydroxylation is 2. The van der Waals surface area contributed by atoms with Crippen LogP contribution in [0.1, 0.15) is 116 Å². The molecular weight excluding hydrogens is 673 g/mol. The fourth-order valence-electron chi connectivity index (χ4n) is 10.8. The van der Waals surface area contributed by atoms with E-state index in [2.05, 4.69) is 138 Å². The van der Waals surface area contributed by atoms with Crippen molar-refractivity contribution in [2.24, 2.45) is 0 Å². The van der Waals surface area contributed by atoms with E-state index in [0.29, 0.717) is 5.56 Å². The van der Waals surface area contributed by atoms with Crippen LogP contribution in [0.5, 0.6) is 0 Å². The number of allylic oxidation sites excluding steroid dienone is 2. The summed E-state index contributed by atoms with van der Waals surface area (Å²) in [6.07, 6.45) is 0.779. The zero-order valence-electron chi connectivity index (χ0n) is 39.2. The van der Waals surface area contributed by atoms with Crippen LogP contribution in [-0.2, 0) is 17.3 Å². The lowest BCUT2D eigenvalue weighted by Gasteiger charge is -2.45. The minimum Gasteiger partial charge on any atom is -0.0622 e. The summed E-state index contributed by atoms with van der Waals surface area (Å²) in [5, 5.41) is 0. The maximum atomic E-state index is 9.11. The van der Waals surface area contributed by atoms with Crippen LogP contribution in [0.15, 0.2) is 139 Å². The molecule has 0 N–H and O–H groups in total. The quantitative estimate of drug-likeness (QED) is 0.169. The molecule has 0 saturated carbocycles. The molecule has 4 aliphatic rings. The Hall–Kier alpha value is -5.72. The lowest BCUT2D eigenvalue weighted by Crippen LogP contribution is -2.36. The van der Waals surface area contributed by atoms with Crippen LogP contribution < -0.4 is 0 Å². The second-order valence-electron chi connectivity index (χ2n) is 17.8. The topological polar surface area (TPSA) is 0 Å². The Balaban J connectivity index is 1.30. The maximum Gasteiger partial charge on any atom is 0.0629 e. The molecular formula is C56H48. The molecule has 0 heteroatoms. The average Bonchev–Trinajstić information content (AvgIpc) is 3.73. The maximum absolute atomic E-state index is 9.11. The normalized spacial score (nSPS) is 19.9. The Morgan fingerprint density at radius 3 is 2.18 bits per heavy atom. The highest BCUT2D eigenvalue weighted by atomic mass is 14.6. The van der Waals surface area contributed by atoms with E-state index in [-0.39, 0.29) is 47.1 Å². The van der Waals surface area contributed by atoms with Gasteiger partial charge in [0, 0.05) is 7.29 Å². The molecule has 0 saturated heterocycles. The first-order valence-electron chi connectivity index (χ1n) is 23.0. The van der Waals surface area contributed by atoms with Crippen molar-refractivity contribution in [2.75, 3.05) is 0 Å². The van der Waals surface area contributed by atoms with Gasteiger partial charge in [-0.2, -0.15) is 0 Å². The highest BCUT2D eigenvalue weighted by Gasteiger charge is 2.58. The molecule has 0 amide bonds. The second-order valence-corrected chi connectivity index (χ2v) is 17.8. The highest BCUT2D eigenvalue weighted by Crippen LogP contribution is 2.72. The van der Waals surface area contributed by atoms with Crippen molar-refractivity contribution in [2.45, 2.75) is 77.5 Å². The van der Waals surface area contributed by atoms with Crippen molar-refractivity contribution in [3.05, 3.63) is 201 Å². The number of hydrogen-bond donors (Lipinski definition) is 0. The van der Waals surface area contributed by atoms with Gasteiger partial charge in [0.05, 0.1) is 12.3 Å². The summed E-state index contributed by atoms with van der Waals surface area (Å²) in [5.41, 5.74) is 23.5. The molecule has 0 radical (unpaired) electrons. The van der Waals surface area contributed by atoms with E-state index in [1.54, 1.807) is 0 Å². The van der Waals surface area contributed by atoms with Gasteiger partial charge in [-0.1, -0.05) is 174 Å². The number of rotatable bonds is 4. The fraction of sp³-hybridized carbons (Fsp3) is 0.214. The van der Waals surface area contributed by atoms with Crippen LogP contribution in [0, 0.1) is 13.8 Å². The van der Waals surface area contributed by atoms with Gasteiger partial charge in [-0.15, -0.1) is 0 Å². The minimum atomic E-state index is -0.781. The minimum absolute atomic E-state index is 0.0931. The summed E-state index contributed by atoms with van der Waals surface area (Å²) >= 11 is 0. The predicted octanol–water partition coefficient (Wildman–Crippen LogP) is 14.6. The standard InChI is InChI=1S/C56H48/c1-32(2)37-21-23-41(43(27-37)36-17-12-9-13-18-36)50-42-20-14-19-40-46-29-39(55(5,6)7)30-47-44-28-38(35-15-10-8-11-16-35)22-24-49(44)56(53(46)47)31-48-34(4)25-33(3)26-45(48)52(50)54(56)51(40)42/h8-30,32,50H,31H2,1-7H3/i8D,10D,11D,15D,16D,32D. The van der Waals surface area contributed by atoms with E-state index in [1.165, 1.54) is 77.9 Å². The summed E-state index contributed by atoms with van der Waals surface area (Å²) in [7, 11) is 0. The number of hydrogen-bond acceptors (Lipinski definition) is 0. The van der Waals surface area contributed by atoms with Crippen molar-refractivity contribution in [3.8, 4) is 44.5 Å². The molecule has 4 aliphatic carbocycles. The van der Waals surface area contributed by atoms with Gasteiger partial charge in [-0.05, 0) is 149 Å². The lowest BCUT2D eigenvalue weighted by molar-refractivity contribution is 0.589. The van der Waals surface area contributed by atoms with E-state index in [4.69, 9.17) is 8.22 Å². The molecule has 2 unspecified atom stereocenters. The van der Waals surface area contributed by atoms with Crippen LogP contribution >= 0.6 is 0 Å². The summed E-state index contributed by atoms with van der Waals surface area (Å²) in [6, 6.07) is 38.8. The van der Waals surface area contributed by atoms with Crippen LogP contribution in [-0.4, -0.2) is 0 Å². The van der Waals surface area contributed by atoms with Gasteiger partial charge in [0.2, 0.25) is 0 Å². The molecule has 0 aliphatic heterocycles. The first kappa shape index (κ1) is 27.8. The Kier molecular flexibility index (Phi) is 5.78. The van der Waals surface area contributed by atoms with E-state index in [0.717, 1.165) is 34.2 Å². The lowest BCUT2D eigenvalue weighted by atomic mass is 9.57. The molecule has 0 heterocycles. The van der Waals surface area contributed by atoms with Gasteiger partial charge < -0.3 is 0 Å². The van der Waals surface area contributed by atoms with Gasteiger partial charge >= 0.3 is 0 Å². The molecule has 0 fully saturated rings. The van der Waals surface area contributed by atoms with Crippen molar-refractivity contribution >= 4 is 11.1 Å². The molecule has 2 atom stereocenters. The van der Waals surface area contributed by atoms with Gasteiger partial charge in [-0.25, -0.2) is 0 Å². The third-order valence-electron chi connectivity index (χ3n) is 13.3. The summed E-state index contributed by atoms with van der Waals surface area (Å²) in [5.74, 6) is -0.875. The van der Waals surface area contributed by atoms with Crippen molar-refractivity contribution in [1.82, 2.24) is 0 Å². The zero-order valence-corrected chi connectivity index (χ0v) is 33.2. The molecule has 11 rings (SSSR count). The van der Waals surface area contributed by atoms with Gasteiger partial charge in [0.25, 0.3) is 0 Å². The Morgan fingerprint density at radius 2 is 1.43 bits per heavy atom. The first-order valence-corrected chi connectivity index (χ1v) is 20.0. The van der Waals surface area contributed by atoms with Crippen molar-refractivity contribution < 1.29 is 8.22 Å². The molecule has 7 aromatic rings. The molecule has 0 nitrogen and oxygen atoms in total. The SMILES string of the molecule is [2H]c1c([2H])c([2H])c(-c2ccc3c(c2)-c2cc(C(C)(C)C)cc4c2C32Cc3c(C)cc(C)cc3C3=C2c2c-4cccc2C3c2ccc(C([2H])(C)C)cc2-c2ccccc2)c([2H])c1[2H]. The van der Waals surface area contributed by atoms with Gasteiger partial charge in [0.15, 0.2) is 0 Å². The smallest absolute Gasteiger partial charge is 0.0622 e. The molecule has 1 spiro atoms. The molecule has 272 valence electrons. The Bertz CT molecular complexity index is 3160. The van der Waals surface area contributed by atoms with Crippen molar-refractivity contribution in [3.63, 3.8) is 0 Å². The first-order chi connectivity index (χ1) is 29.4. The summed E-state index contributed by atoms with van der Waals surface area (Å²) in [6.45, 7) is 15.2. The van der Waals surface area contributed by atoms with E-state index in [9.17, 15) is 0 Å². The van der Waals surface area contributed by atoms with E-state index < -0.39 is 11.3 Å². The Morgan fingerprint density at radius 1 is 0.661 bits per heavy atom. The second kappa shape index (κ2) is 11.7. The van der Waals surface area contributed by atoms with E-state index in [1.807, 2.05) is 19.9 Å². The predicted molar refractivity (Wildman–Crippen MR) is 236 cm³/mol. The van der Waals surface area contributed by atoms with Crippen LogP contribution in [0.25, 0.3) is 55.7 Å². The molecule has 0 aromatic heterocycles. The fourth-order valence-corrected chi connectivity index (χ4v) is 10.8. The molecule has 0 bridgehead atoms. The monoisotopic (exact) mass is 726 g/mol. The van der Waals surface area contributed by atoms with Gasteiger partial charge in [0.1, 0.15) is 0 Å². The highest BCUT2D eigenvalue weighted by molar-refractivity contribution is 6.17. The number of benzene rings is 7. The van der Waals surface area contributed by atoms with Crippen molar-refractivity contribution in [1.29, 1.82) is 0 Å². The third-order valence-corrected chi connectivity index (χ3v) is 13.3. The zero-order chi connectivity index (χ0) is 43.5. The third kappa shape index (κ3) is 4.48. The molecule has 56 heavy (non-hydrogen) atoms. The Labute approximate surface area is 341 Å².